The first kappa shape index (κ1) is 24.7. The molecule has 0 radical (unpaired) electrons. The van der Waals surface area contributed by atoms with E-state index in [-0.39, 0.29) is 5.56 Å². The van der Waals surface area contributed by atoms with E-state index in [1.165, 1.54) is 23.1 Å². The standard InChI is InChI=1S/C27H25ClFN5O3/c28-18-1-4-23(29)22(13-18)26-14-19(16-31-33-26)32-24-5-9-30-25-15-20(2-3-21(24)25)37-12-8-17-6-10-34(11-7-17)27(35)36/h1-5,9,13-17H,6-8,10-12H2,(H,35,36)(H,30,32,33). The van der Waals surface area contributed by atoms with Crippen LogP contribution in [0.3, 0.4) is 0 Å². The lowest BCUT2D eigenvalue weighted by atomic mass is 9.94. The maximum Gasteiger partial charge on any atom is 0.407 e. The number of benzene rings is 2. The molecule has 1 aliphatic heterocycles. The summed E-state index contributed by atoms with van der Waals surface area (Å²) in [6.07, 6.45) is 5.03. The summed E-state index contributed by atoms with van der Waals surface area (Å²) < 4.78 is 20.3. The smallest absolute Gasteiger partial charge is 0.407 e. The number of likely N-dealkylation sites (tertiary alicyclic amines) is 1. The number of fused-ring (bicyclic) bond motifs is 1. The Bertz CT molecular complexity index is 1430. The van der Waals surface area contributed by atoms with Gasteiger partial charge in [-0.3, -0.25) is 4.98 Å². The van der Waals surface area contributed by atoms with Crippen LogP contribution in [0.25, 0.3) is 22.2 Å². The van der Waals surface area contributed by atoms with E-state index >= 15 is 0 Å². The number of amides is 1. The fraction of sp³-hybridized carbons (Fsp3) is 0.259. The minimum absolute atomic E-state index is 0.275. The Hall–Kier alpha value is -3.98. The second kappa shape index (κ2) is 11.0. The molecule has 2 N–H and O–H groups in total. The van der Waals surface area contributed by atoms with E-state index in [1.54, 1.807) is 18.5 Å². The Labute approximate surface area is 218 Å². The van der Waals surface area contributed by atoms with Crippen LogP contribution in [0.5, 0.6) is 5.75 Å². The van der Waals surface area contributed by atoms with E-state index < -0.39 is 11.9 Å². The number of ether oxygens (including phenoxy) is 1. The van der Waals surface area contributed by atoms with Gasteiger partial charge in [0.25, 0.3) is 0 Å². The Kier molecular flexibility index (Phi) is 7.32. The zero-order valence-corrected chi connectivity index (χ0v) is 20.7. The molecular formula is C27H25ClFN5O3. The molecule has 0 saturated carbocycles. The first-order chi connectivity index (χ1) is 18.0. The molecule has 0 unspecified atom stereocenters. The molecule has 8 nitrogen and oxygen atoms in total. The van der Waals surface area contributed by atoms with Gasteiger partial charge in [-0.25, -0.2) is 9.18 Å². The number of nitrogens with one attached hydrogen (secondary N) is 1. The summed E-state index contributed by atoms with van der Waals surface area (Å²) in [6, 6.07) is 13.6. The van der Waals surface area contributed by atoms with E-state index in [0.717, 1.165) is 41.6 Å². The number of carbonyl (C=O) groups is 1. The number of hydrogen-bond donors (Lipinski definition) is 2. The van der Waals surface area contributed by atoms with Crippen molar-refractivity contribution < 1.29 is 19.0 Å². The topological polar surface area (TPSA) is 100 Å². The van der Waals surface area contributed by atoms with Gasteiger partial charge in [-0.15, -0.1) is 0 Å². The van der Waals surface area contributed by atoms with Crippen molar-refractivity contribution in [2.75, 3.05) is 25.0 Å². The normalized spacial score (nSPS) is 14.1. The van der Waals surface area contributed by atoms with Gasteiger partial charge in [-0.1, -0.05) is 11.6 Å². The molecule has 190 valence electrons. The fourth-order valence-corrected chi connectivity index (χ4v) is 4.67. The predicted octanol–water partition coefficient (Wildman–Crippen LogP) is 6.39. The van der Waals surface area contributed by atoms with Crippen molar-refractivity contribution in [1.29, 1.82) is 0 Å². The third kappa shape index (κ3) is 5.89. The van der Waals surface area contributed by atoms with Gasteiger partial charge < -0.3 is 20.1 Å². The molecule has 37 heavy (non-hydrogen) atoms. The number of piperidine rings is 1. The average Bonchev–Trinajstić information content (AvgIpc) is 2.90. The second-order valence-corrected chi connectivity index (χ2v) is 9.40. The van der Waals surface area contributed by atoms with Crippen LogP contribution >= 0.6 is 11.6 Å². The number of hydrogen-bond acceptors (Lipinski definition) is 6. The molecule has 1 saturated heterocycles. The van der Waals surface area contributed by atoms with Gasteiger partial charge in [0.2, 0.25) is 0 Å². The van der Waals surface area contributed by atoms with Crippen LogP contribution in [0.15, 0.2) is 60.9 Å². The van der Waals surface area contributed by atoms with Gasteiger partial charge in [0.1, 0.15) is 11.6 Å². The Morgan fingerprint density at radius 1 is 1.16 bits per heavy atom. The fourth-order valence-electron chi connectivity index (χ4n) is 4.50. The SMILES string of the molecule is O=C(O)N1CCC(CCOc2ccc3c(Nc4cnnc(-c5cc(Cl)ccc5F)c4)ccnc3c2)CC1. The lowest BCUT2D eigenvalue weighted by molar-refractivity contribution is 0.119. The van der Waals surface area contributed by atoms with Crippen LogP contribution in [0.2, 0.25) is 5.02 Å². The Morgan fingerprint density at radius 3 is 2.81 bits per heavy atom. The molecular weight excluding hydrogens is 497 g/mol. The van der Waals surface area contributed by atoms with Crippen molar-refractivity contribution in [3.63, 3.8) is 0 Å². The zero-order valence-electron chi connectivity index (χ0n) is 19.9. The summed E-state index contributed by atoms with van der Waals surface area (Å²) in [6.45, 7) is 1.73. The van der Waals surface area contributed by atoms with Crippen LogP contribution in [0.4, 0.5) is 20.6 Å². The number of aromatic nitrogens is 3. The summed E-state index contributed by atoms with van der Waals surface area (Å²) in [7, 11) is 0. The van der Waals surface area contributed by atoms with Crippen molar-refractivity contribution in [3.8, 4) is 17.0 Å². The van der Waals surface area contributed by atoms with Crippen LogP contribution in [-0.2, 0) is 0 Å². The number of halogens is 2. The first-order valence-electron chi connectivity index (χ1n) is 12.0. The monoisotopic (exact) mass is 521 g/mol. The molecule has 3 heterocycles. The van der Waals surface area contributed by atoms with Crippen molar-refractivity contribution in [1.82, 2.24) is 20.1 Å². The number of pyridine rings is 1. The summed E-state index contributed by atoms with van der Waals surface area (Å²) >= 11 is 6.03. The summed E-state index contributed by atoms with van der Waals surface area (Å²) in [5, 5.41) is 21.8. The van der Waals surface area contributed by atoms with Crippen LogP contribution < -0.4 is 10.1 Å². The molecule has 5 rings (SSSR count). The van der Waals surface area contributed by atoms with Crippen LogP contribution in [-0.4, -0.2) is 51.0 Å². The molecule has 0 bridgehead atoms. The van der Waals surface area contributed by atoms with Crippen molar-refractivity contribution in [2.24, 2.45) is 5.92 Å². The molecule has 1 fully saturated rings. The lowest BCUT2D eigenvalue weighted by Crippen LogP contribution is -2.37. The van der Waals surface area contributed by atoms with Gasteiger partial charge in [0.05, 0.1) is 29.7 Å². The molecule has 2 aromatic carbocycles. The van der Waals surface area contributed by atoms with Gasteiger partial charge in [-0.05, 0) is 67.6 Å². The molecule has 2 aromatic heterocycles. The van der Waals surface area contributed by atoms with Crippen LogP contribution in [0, 0.1) is 11.7 Å². The molecule has 0 atom stereocenters. The van der Waals surface area contributed by atoms with Gasteiger partial charge in [-0.2, -0.15) is 10.2 Å². The predicted molar refractivity (Wildman–Crippen MR) is 140 cm³/mol. The number of nitrogens with zero attached hydrogens (tertiary/aromatic N) is 4. The number of rotatable bonds is 7. The largest absolute Gasteiger partial charge is 0.494 e. The maximum absolute atomic E-state index is 14.3. The van der Waals surface area contributed by atoms with Gasteiger partial charge >= 0.3 is 6.09 Å². The maximum atomic E-state index is 14.3. The number of carboxylic acid groups (broad SMARTS) is 1. The highest BCUT2D eigenvalue weighted by atomic mass is 35.5. The highest BCUT2D eigenvalue weighted by Crippen LogP contribution is 2.30. The molecule has 0 aliphatic carbocycles. The minimum Gasteiger partial charge on any atom is -0.494 e. The Morgan fingerprint density at radius 2 is 2.00 bits per heavy atom. The van der Waals surface area contributed by atoms with E-state index in [1.807, 2.05) is 24.3 Å². The number of anilines is 2. The van der Waals surface area contributed by atoms with E-state index in [0.29, 0.717) is 42.0 Å². The summed E-state index contributed by atoms with van der Waals surface area (Å²) in [5.74, 6) is 0.761. The van der Waals surface area contributed by atoms with E-state index in [9.17, 15) is 9.18 Å². The third-order valence-electron chi connectivity index (χ3n) is 6.53. The Balaban J connectivity index is 1.25. The highest BCUT2D eigenvalue weighted by molar-refractivity contribution is 6.30. The molecule has 4 aromatic rings. The first-order valence-corrected chi connectivity index (χ1v) is 12.4. The van der Waals surface area contributed by atoms with Crippen LogP contribution in [0.1, 0.15) is 19.3 Å². The minimum atomic E-state index is -0.845. The summed E-state index contributed by atoms with van der Waals surface area (Å²) in [4.78, 5) is 17.0. The van der Waals surface area contributed by atoms with Gasteiger partial charge in [0, 0.05) is 47.0 Å². The summed E-state index contributed by atoms with van der Waals surface area (Å²) in [5.41, 5.74) is 2.86. The molecule has 0 spiro atoms. The average molecular weight is 522 g/mol. The van der Waals surface area contributed by atoms with Gasteiger partial charge in [0.15, 0.2) is 0 Å². The molecule has 1 amide bonds. The van der Waals surface area contributed by atoms with Crippen molar-refractivity contribution in [2.45, 2.75) is 19.3 Å². The van der Waals surface area contributed by atoms with E-state index in [4.69, 9.17) is 21.4 Å². The quantitative estimate of drug-likeness (QED) is 0.291. The van der Waals surface area contributed by atoms with E-state index in [2.05, 4.69) is 20.5 Å². The molecule has 10 heteroatoms. The lowest BCUT2D eigenvalue weighted by Gasteiger charge is -2.29. The second-order valence-electron chi connectivity index (χ2n) is 8.97. The van der Waals surface area contributed by atoms with Crippen molar-refractivity contribution in [3.05, 3.63) is 71.8 Å². The molecule has 1 aliphatic rings. The zero-order chi connectivity index (χ0) is 25.8. The van der Waals surface area contributed by atoms with Crippen molar-refractivity contribution >= 4 is 40.0 Å². The third-order valence-corrected chi connectivity index (χ3v) is 6.77. The highest BCUT2D eigenvalue weighted by Gasteiger charge is 2.22.